The summed E-state index contributed by atoms with van der Waals surface area (Å²) in [5.74, 6) is 0. The summed E-state index contributed by atoms with van der Waals surface area (Å²) < 4.78 is 0. The SMILES string of the molecule is CN(Cc1cncc(CN)c1)C1CC1. The van der Waals surface area contributed by atoms with E-state index in [9.17, 15) is 0 Å². The zero-order valence-corrected chi connectivity index (χ0v) is 8.61. The lowest BCUT2D eigenvalue weighted by atomic mass is 10.2. The third kappa shape index (κ3) is 2.30. The molecule has 76 valence electrons. The van der Waals surface area contributed by atoms with Crippen molar-refractivity contribution >= 4 is 0 Å². The highest BCUT2D eigenvalue weighted by Gasteiger charge is 2.25. The highest BCUT2D eigenvalue weighted by Crippen LogP contribution is 2.26. The molecule has 0 aliphatic heterocycles. The second-order valence-electron chi connectivity index (χ2n) is 4.05. The Labute approximate surface area is 84.9 Å². The molecular formula is C11H17N3. The van der Waals surface area contributed by atoms with Crippen molar-refractivity contribution in [2.45, 2.75) is 32.0 Å². The molecule has 0 saturated heterocycles. The highest BCUT2D eigenvalue weighted by atomic mass is 15.1. The molecule has 0 spiro atoms. The zero-order chi connectivity index (χ0) is 9.97. The van der Waals surface area contributed by atoms with E-state index in [4.69, 9.17) is 5.73 Å². The van der Waals surface area contributed by atoms with Crippen LogP contribution < -0.4 is 5.73 Å². The first kappa shape index (κ1) is 9.62. The topological polar surface area (TPSA) is 42.2 Å². The maximum atomic E-state index is 5.57. The maximum absolute atomic E-state index is 5.57. The van der Waals surface area contributed by atoms with Gasteiger partial charge in [0.2, 0.25) is 0 Å². The van der Waals surface area contributed by atoms with Crippen molar-refractivity contribution in [2.75, 3.05) is 7.05 Å². The molecule has 2 rings (SSSR count). The van der Waals surface area contributed by atoms with Gasteiger partial charge in [-0.25, -0.2) is 0 Å². The Hall–Kier alpha value is -0.930. The van der Waals surface area contributed by atoms with Gasteiger partial charge in [-0.1, -0.05) is 6.07 Å². The van der Waals surface area contributed by atoms with E-state index < -0.39 is 0 Å². The Balaban J connectivity index is 2.00. The van der Waals surface area contributed by atoms with Crippen molar-refractivity contribution in [3.8, 4) is 0 Å². The number of nitrogens with zero attached hydrogens (tertiary/aromatic N) is 2. The highest BCUT2D eigenvalue weighted by molar-refractivity contribution is 5.18. The molecule has 1 aromatic heterocycles. The van der Waals surface area contributed by atoms with Crippen molar-refractivity contribution in [1.29, 1.82) is 0 Å². The second kappa shape index (κ2) is 4.07. The van der Waals surface area contributed by atoms with Gasteiger partial charge in [0.15, 0.2) is 0 Å². The van der Waals surface area contributed by atoms with E-state index in [1.165, 1.54) is 18.4 Å². The van der Waals surface area contributed by atoms with Crippen molar-refractivity contribution in [3.63, 3.8) is 0 Å². The van der Waals surface area contributed by atoms with Crippen LogP contribution in [-0.2, 0) is 13.1 Å². The first-order chi connectivity index (χ1) is 6.79. The summed E-state index contributed by atoms with van der Waals surface area (Å²) in [5, 5.41) is 0. The number of hydrogen-bond acceptors (Lipinski definition) is 3. The average molecular weight is 191 g/mol. The average Bonchev–Trinajstić information content (AvgIpc) is 3.01. The van der Waals surface area contributed by atoms with Gasteiger partial charge in [-0.2, -0.15) is 0 Å². The molecule has 1 aliphatic rings. The van der Waals surface area contributed by atoms with Crippen molar-refractivity contribution in [3.05, 3.63) is 29.6 Å². The summed E-state index contributed by atoms with van der Waals surface area (Å²) >= 11 is 0. The summed E-state index contributed by atoms with van der Waals surface area (Å²) in [4.78, 5) is 6.57. The van der Waals surface area contributed by atoms with Gasteiger partial charge in [0.25, 0.3) is 0 Å². The molecule has 0 aromatic carbocycles. The normalized spacial score (nSPS) is 16.2. The predicted molar refractivity (Wildman–Crippen MR) is 56.6 cm³/mol. The smallest absolute Gasteiger partial charge is 0.0313 e. The predicted octanol–water partition coefficient (Wildman–Crippen LogP) is 1.13. The molecule has 1 heterocycles. The molecule has 0 amide bonds. The summed E-state index contributed by atoms with van der Waals surface area (Å²) in [5.41, 5.74) is 7.95. The van der Waals surface area contributed by atoms with E-state index in [1.54, 1.807) is 0 Å². The largest absolute Gasteiger partial charge is 0.326 e. The number of nitrogens with two attached hydrogens (primary N) is 1. The Morgan fingerprint density at radius 3 is 2.79 bits per heavy atom. The molecule has 1 fully saturated rings. The lowest BCUT2D eigenvalue weighted by Gasteiger charge is -2.15. The van der Waals surface area contributed by atoms with Crippen molar-refractivity contribution in [1.82, 2.24) is 9.88 Å². The molecule has 3 heteroatoms. The minimum absolute atomic E-state index is 0.577. The van der Waals surface area contributed by atoms with E-state index in [0.717, 1.165) is 18.2 Å². The fourth-order valence-corrected chi connectivity index (χ4v) is 1.67. The summed E-state index contributed by atoms with van der Waals surface area (Å²) in [6, 6.07) is 2.95. The van der Waals surface area contributed by atoms with E-state index in [0.29, 0.717) is 6.54 Å². The standard InChI is InChI=1S/C11H17N3/c1-14(11-2-3-11)8-10-4-9(5-12)6-13-7-10/h4,6-7,11H,2-3,5,8,12H2,1H3. The van der Waals surface area contributed by atoms with Gasteiger partial charge in [0.1, 0.15) is 0 Å². The van der Waals surface area contributed by atoms with Crippen LogP contribution >= 0.6 is 0 Å². The lowest BCUT2D eigenvalue weighted by molar-refractivity contribution is 0.316. The minimum atomic E-state index is 0.577. The number of rotatable bonds is 4. The van der Waals surface area contributed by atoms with Crippen LogP contribution in [0.15, 0.2) is 18.5 Å². The molecule has 2 N–H and O–H groups in total. The Kier molecular flexibility index (Phi) is 2.79. The van der Waals surface area contributed by atoms with Gasteiger partial charge >= 0.3 is 0 Å². The maximum Gasteiger partial charge on any atom is 0.0313 e. The van der Waals surface area contributed by atoms with Crippen LogP contribution in [0.1, 0.15) is 24.0 Å². The molecule has 3 nitrogen and oxygen atoms in total. The van der Waals surface area contributed by atoms with Gasteiger partial charge in [-0.3, -0.25) is 9.88 Å². The van der Waals surface area contributed by atoms with Crippen LogP contribution in [0.4, 0.5) is 0 Å². The Bertz CT molecular complexity index is 307. The number of aromatic nitrogens is 1. The van der Waals surface area contributed by atoms with Gasteiger partial charge in [0.05, 0.1) is 0 Å². The van der Waals surface area contributed by atoms with Crippen LogP contribution in [-0.4, -0.2) is 23.0 Å². The van der Waals surface area contributed by atoms with Gasteiger partial charge in [-0.15, -0.1) is 0 Å². The van der Waals surface area contributed by atoms with Crippen LogP contribution in [0.25, 0.3) is 0 Å². The van der Waals surface area contributed by atoms with Gasteiger partial charge < -0.3 is 5.73 Å². The summed E-state index contributed by atoms with van der Waals surface area (Å²) in [6.07, 6.45) is 6.46. The number of hydrogen-bond donors (Lipinski definition) is 1. The number of pyridine rings is 1. The van der Waals surface area contributed by atoms with E-state index in [2.05, 4.69) is 23.0 Å². The summed E-state index contributed by atoms with van der Waals surface area (Å²) in [7, 11) is 2.17. The summed E-state index contributed by atoms with van der Waals surface area (Å²) in [6.45, 7) is 1.57. The molecule has 1 aliphatic carbocycles. The molecule has 0 bridgehead atoms. The van der Waals surface area contributed by atoms with Crippen LogP contribution in [0.5, 0.6) is 0 Å². The van der Waals surface area contributed by atoms with Crippen molar-refractivity contribution in [2.24, 2.45) is 5.73 Å². The monoisotopic (exact) mass is 191 g/mol. The van der Waals surface area contributed by atoms with Crippen LogP contribution in [0.2, 0.25) is 0 Å². The Morgan fingerprint density at radius 2 is 2.14 bits per heavy atom. The second-order valence-corrected chi connectivity index (χ2v) is 4.05. The molecule has 1 aromatic rings. The fraction of sp³-hybridized carbons (Fsp3) is 0.545. The zero-order valence-electron chi connectivity index (χ0n) is 8.61. The first-order valence-electron chi connectivity index (χ1n) is 5.12. The lowest BCUT2D eigenvalue weighted by Crippen LogP contribution is -2.20. The van der Waals surface area contributed by atoms with Gasteiger partial charge in [-0.05, 0) is 31.0 Å². The Morgan fingerprint density at radius 1 is 1.43 bits per heavy atom. The van der Waals surface area contributed by atoms with E-state index >= 15 is 0 Å². The third-order valence-corrected chi connectivity index (χ3v) is 2.69. The third-order valence-electron chi connectivity index (χ3n) is 2.69. The molecule has 1 saturated carbocycles. The first-order valence-corrected chi connectivity index (χ1v) is 5.12. The minimum Gasteiger partial charge on any atom is -0.326 e. The fourth-order valence-electron chi connectivity index (χ4n) is 1.67. The van der Waals surface area contributed by atoms with Gasteiger partial charge in [0, 0.05) is 31.5 Å². The molecular weight excluding hydrogens is 174 g/mol. The van der Waals surface area contributed by atoms with Crippen molar-refractivity contribution < 1.29 is 0 Å². The molecule has 0 unspecified atom stereocenters. The molecule has 0 radical (unpaired) electrons. The quantitative estimate of drug-likeness (QED) is 0.776. The van der Waals surface area contributed by atoms with Crippen LogP contribution in [0, 0.1) is 0 Å². The van der Waals surface area contributed by atoms with E-state index in [1.807, 2.05) is 12.4 Å². The molecule has 14 heavy (non-hydrogen) atoms. The van der Waals surface area contributed by atoms with E-state index in [-0.39, 0.29) is 0 Å². The van der Waals surface area contributed by atoms with Crippen LogP contribution in [0.3, 0.4) is 0 Å². The molecule has 0 atom stereocenters.